The van der Waals surface area contributed by atoms with Crippen molar-refractivity contribution in [3.05, 3.63) is 54.4 Å². The van der Waals surface area contributed by atoms with Crippen molar-refractivity contribution in [1.29, 1.82) is 0 Å². The summed E-state index contributed by atoms with van der Waals surface area (Å²) in [7, 11) is 0. The minimum atomic E-state index is -0.356. The third kappa shape index (κ3) is 2.86. The SMILES string of the molecule is Cc1nc2ccccc2c2c(NC(=O)CCN3CCOC3=O)c3ccccc3n12. The number of aromatic nitrogens is 2. The second kappa shape index (κ2) is 6.77. The number of anilines is 1. The second-order valence-corrected chi connectivity index (χ2v) is 7.15. The number of rotatable bonds is 4. The molecular formula is C22H20N4O3. The van der Waals surface area contributed by atoms with Crippen LogP contribution in [0.3, 0.4) is 0 Å². The molecule has 7 heteroatoms. The molecule has 0 atom stereocenters. The summed E-state index contributed by atoms with van der Waals surface area (Å²) in [5.74, 6) is 0.719. The number of carbonyl (C=O) groups excluding carboxylic acids is 2. The largest absolute Gasteiger partial charge is 0.448 e. The van der Waals surface area contributed by atoms with Gasteiger partial charge < -0.3 is 15.0 Å². The zero-order valence-electron chi connectivity index (χ0n) is 16.0. The van der Waals surface area contributed by atoms with Crippen LogP contribution in [0.5, 0.6) is 0 Å². The number of aryl methyl sites for hydroxylation is 1. The molecule has 0 radical (unpaired) electrons. The minimum Gasteiger partial charge on any atom is -0.448 e. The fourth-order valence-corrected chi connectivity index (χ4v) is 4.02. The summed E-state index contributed by atoms with van der Waals surface area (Å²) in [6.07, 6.45) is -0.145. The smallest absolute Gasteiger partial charge is 0.409 e. The van der Waals surface area contributed by atoms with Crippen LogP contribution in [0.25, 0.3) is 27.3 Å². The highest BCUT2D eigenvalue weighted by Gasteiger charge is 2.23. The monoisotopic (exact) mass is 388 g/mol. The van der Waals surface area contributed by atoms with Crippen molar-refractivity contribution in [3.63, 3.8) is 0 Å². The van der Waals surface area contributed by atoms with Gasteiger partial charge in [-0.2, -0.15) is 0 Å². The van der Waals surface area contributed by atoms with Crippen LogP contribution < -0.4 is 5.32 Å². The molecule has 2 amide bonds. The van der Waals surface area contributed by atoms with Crippen molar-refractivity contribution >= 4 is 45.0 Å². The molecule has 0 unspecified atom stereocenters. The minimum absolute atomic E-state index is 0.138. The van der Waals surface area contributed by atoms with Gasteiger partial charge in [0.1, 0.15) is 12.4 Å². The van der Waals surface area contributed by atoms with E-state index in [4.69, 9.17) is 9.72 Å². The van der Waals surface area contributed by atoms with Gasteiger partial charge in [-0.05, 0) is 19.1 Å². The van der Waals surface area contributed by atoms with Crippen LogP contribution in [0, 0.1) is 6.92 Å². The Morgan fingerprint density at radius 2 is 1.90 bits per heavy atom. The lowest BCUT2D eigenvalue weighted by Gasteiger charge is -2.12. The topological polar surface area (TPSA) is 75.9 Å². The highest BCUT2D eigenvalue weighted by atomic mass is 16.6. The van der Waals surface area contributed by atoms with E-state index in [1.807, 2.05) is 55.5 Å². The Labute approximate surface area is 166 Å². The summed E-state index contributed by atoms with van der Waals surface area (Å²) in [5, 5.41) is 5.04. The molecular weight excluding hydrogens is 368 g/mol. The molecule has 1 fully saturated rings. The zero-order chi connectivity index (χ0) is 20.0. The Hall–Kier alpha value is -3.61. The molecule has 1 aliphatic rings. The Morgan fingerprint density at radius 3 is 2.69 bits per heavy atom. The van der Waals surface area contributed by atoms with E-state index in [-0.39, 0.29) is 18.4 Å². The predicted octanol–water partition coefficient (Wildman–Crippen LogP) is 3.73. The Morgan fingerprint density at radius 1 is 1.14 bits per heavy atom. The van der Waals surface area contributed by atoms with E-state index in [1.54, 1.807) is 4.90 Å². The van der Waals surface area contributed by atoms with Gasteiger partial charge in [0.15, 0.2) is 0 Å². The molecule has 1 aliphatic heterocycles. The molecule has 29 heavy (non-hydrogen) atoms. The van der Waals surface area contributed by atoms with E-state index in [0.29, 0.717) is 19.7 Å². The number of hydrogen-bond donors (Lipinski definition) is 1. The summed E-state index contributed by atoms with van der Waals surface area (Å²) in [5.41, 5.74) is 3.59. The quantitative estimate of drug-likeness (QED) is 0.578. The molecule has 7 nitrogen and oxygen atoms in total. The van der Waals surface area contributed by atoms with Gasteiger partial charge >= 0.3 is 6.09 Å². The van der Waals surface area contributed by atoms with E-state index in [0.717, 1.165) is 38.8 Å². The number of nitrogens with one attached hydrogen (secondary N) is 1. The van der Waals surface area contributed by atoms with Crippen molar-refractivity contribution in [2.45, 2.75) is 13.3 Å². The summed E-state index contributed by atoms with van der Waals surface area (Å²) < 4.78 is 7.01. The van der Waals surface area contributed by atoms with E-state index in [2.05, 4.69) is 9.72 Å². The maximum Gasteiger partial charge on any atom is 0.409 e. The van der Waals surface area contributed by atoms with Gasteiger partial charge in [0.2, 0.25) is 5.91 Å². The molecule has 146 valence electrons. The number of amides is 2. The van der Waals surface area contributed by atoms with Crippen LogP contribution in [0.2, 0.25) is 0 Å². The van der Waals surface area contributed by atoms with Crippen LogP contribution in [0.4, 0.5) is 10.5 Å². The molecule has 1 N–H and O–H groups in total. The lowest BCUT2D eigenvalue weighted by Crippen LogP contribution is -2.28. The molecule has 0 spiro atoms. The first-order valence-corrected chi connectivity index (χ1v) is 9.63. The van der Waals surface area contributed by atoms with Crippen molar-refractivity contribution in [1.82, 2.24) is 14.3 Å². The van der Waals surface area contributed by atoms with Crippen LogP contribution in [-0.2, 0) is 9.53 Å². The molecule has 2 aromatic carbocycles. The van der Waals surface area contributed by atoms with Crippen molar-refractivity contribution < 1.29 is 14.3 Å². The first-order chi connectivity index (χ1) is 14.1. The van der Waals surface area contributed by atoms with Gasteiger partial charge in [0.05, 0.1) is 28.8 Å². The highest BCUT2D eigenvalue weighted by Crippen LogP contribution is 2.36. The molecule has 0 saturated carbocycles. The average Bonchev–Trinajstić information content (AvgIpc) is 3.28. The average molecular weight is 388 g/mol. The van der Waals surface area contributed by atoms with Crippen molar-refractivity contribution in [3.8, 4) is 0 Å². The summed E-state index contributed by atoms with van der Waals surface area (Å²) >= 11 is 0. The molecule has 3 heterocycles. The van der Waals surface area contributed by atoms with Gasteiger partial charge in [-0.1, -0.05) is 36.4 Å². The summed E-state index contributed by atoms with van der Waals surface area (Å²) in [6.45, 7) is 3.22. The number of benzene rings is 2. The lowest BCUT2D eigenvalue weighted by molar-refractivity contribution is -0.116. The molecule has 0 bridgehead atoms. The third-order valence-corrected chi connectivity index (χ3v) is 5.36. The Bertz CT molecular complexity index is 1280. The standard InChI is InChI=1S/C22H20N4O3/c1-14-23-17-8-4-2-6-15(17)21-20(16-7-3-5-9-18(16)26(14)21)24-19(27)10-11-25-12-13-29-22(25)28/h2-9H,10-13H2,1H3,(H,24,27). The van der Waals surface area contributed by atoms with E-state index < -0.39 is 0 Å². The van der Waals surface area contributed by atoms with Crippen LogP contribution >= 0.6 is 0 Å². The van der Waals surface area contributed by atoms with Crippen LogP contribution in [-0.4, -0.2) is 46.0 Å². The fourth-order valence-electron chi connectivity index (χ4n) is 4.02. The first kappa shape index (κ1) is 17.5. The second-order valence-electron chi connectivity index (χ2n) is 7.15. The maximum atomic E-state index is 12.8. The number of carbonyl (C=O) groups is 2. The Kier molecular flexibility index (Phi) is 4.08. The highest BCUT2D eigenvalue weighted by molar-refractivity contribution is 6.16. The van der Waals surface area contributed by atoms with E-state index in [9.17, 15) is 9.59 Å². The number of hydrogen-bond acceptors (Lipinski definition) is 4. The summed E-state index contributed by atoms with van der Waals surface area (Å²) in [6, 6.07) is 15.9. The molecule has 4 aromatic rings. The van der Waals surface area contributed by atoms with Gasteiger partial charge in [0, 0.05) is 23.7 Å². The number of fused-ring (bicyclic) bond motifs is 5. The van der Waals surface area contributed by atoms with Crippen LogP contribution in [0.1, 0.15) is 12.2 Å². The molecule has 0 aliphatic carbocycles. The number of nitrogens with zero attached hydrogens (tertiary/aromatic N) is 3. The Balaban J connectivity index is 1.60. The molecule has 1 saturated heterocycles. The zero-order valence-corrected chi connectivity index (χ0v) is 16.0. The van der Waals surface area contributed by atoms with Gasteiger partial charge in [-0.3, -0.25) is 9.20 Å². The normalized spacial score (nSPS) is 14.1. The third-order valence-electron chi connectivity index (χ3n) is 5.36. The van der Waals surface area contributed by atoms with Gasteiger partial charge in [0.25, 0.3) is 0 Å². The van der Waals surface area contributed by atoms with Gasteiger partial charge in [-0.15, -0.1) is 0 Å². The molecule has 2 aromatic heterocycles. The van der Waals surface area contributed by atoms with Crippen LogP contribution in [0.15, 0.2) is 48.5 Å². The summed E-state index contributed by atoms with van der Waals surface area (Å²) in [4.78, 5) is 30.7. The number of ether oxygens (including phenoxy) is 1. The van der Waals surface area contributed by atoms with Crippen molar-refractivity contribution in [2.24, 2.45) is 0 Å². The predicted molar refractivity (Wildman–Crippen MR) is 111 cm³/mol. The van der Waals surface area contributed by atoms with E-state index in [1.165, 1.54) is 0 Å². The van der Waals surface area contributed by atoms with E-state index >= 15 is 0 Å². The first-order valence-electron chi connectivity index (χ1n) is 9.63. The van der Waals surface area contributed by atoms with Crippen molar-refractivity contribution in [2.75, 3.05) is 25.0 Å². The number of para-hydroxylation sites is 2. The number of cyclic esters (lactones) is 1. The molecule has 5 rings (SSSR count). The van der Waals surface area contributed by atoms with Gasteiger partial charge in [-0.25, -0.2) is 9.78 Å². The fraction of sp³-hybridized carbons (Fsp3) is 0.227. The maximum absolute atomic E-state index is 12.8. The lowest BCUT2D eigenvalue weighted by atomic mass is 10.1.